The minimum Gasteiger partial charge on any atom is -0.309 e. The van der Waals surface area contributed by atoms with E-state index in [9.17, 15) is 0 Å². The number of aromatic nitrogens is 4. The van der Waals surface area contributed by atoms with Crippen molar-refractivity contribution in [1.82, 2.24) is 19.5 Å². The highest BCUT2D eigenvalue weighted by molar-refractivity contribution is 7.19. The van der Waals surface area contributed by atoms with Gasteiger partial charge < -0.3 is 4.57 Å². The first kappa shape index (κ1) is 41.6. The fraction of sp³-hybridized carbons (Fsp3) is 0.0156. The molecule has 5 heteroatoms. The molecule has 0 amide bonds. The van der Waals surface area contributed by atoms with Crippen molar-refractivity contribution in [3.8, 4) is 62.1 Å². The molecule has 0 aliphatic carbocycles. The van der Waals surface area contributed by atoms with Gasteiger partial charge in [-0.3, -0.25) is 0 Å². The van der Waals surface area contributed by atoms with Crippen LogP contribution in [0.25, 0.3) is 83.9 Å². The summed E-state index contributed by atoms with van der Waals surface area (Å²) in [5.74, 6) is 1.84. The zero-order chi connectivity index (χ0) is 46.2. The Morgan fingerprint density at radius 3 is 1.39 bits per heavy atom. The summed E-state index contributed by atoms with van der Waals surface area (Å²) >= 11 is 0. The molecule has 0 bridgehead atoms. The van der Waals surface area contributed by atoms with Gasteiger partial charge in [-0.2, -0.15) is 0 Å². The van der Waals surface area contributed by atoms with E-state index >= 15 is 0 Å². The van der Waals surface area contributed by atoms with Crippen molar-refractivity contribution in [2.75, 3.05) is 0 Å². The van der Waals surface area contributed by atoms with Crippen LogP contribution in [0.5, 0.6) is 0 Å². The zero-order valence-electron chi connectivity index (χ0n) is 38.1. The van der Waals surface area contributed by atoms with Crippen molar-refractivity contribution in [3.63, 3.8) is 0 Å². The highest BCUT2D eigenvalue weighted by Crippen LogP contribution is 2.39. The minimum atomic E-state index is -2.87. The van der Waals surface area contributed by atoms with Gasteiger partial charge in [0.05, 0.1) is 11.0 Å². The van der Waals surface area contributed by atoms with E-state index in [4.69, 9.17) is 15.0 Å². The first-order valence-corrected chi connectivity index (χ1v) is 25.5. The lowest BCUT2D eigenvalue weighted by molar-refractivity contribution is 1.07. The lowest BCUT2D eigenvalue weighted by Crippen LogP contribution is -2.74. The van der Waals surface area contributed by atoms with E-state index in [1.54, 1.807) is 0 Å². The van der Waals surface area contributed by atoms with E-state index in [1.165, 1.54) is 48.2 Å². The maximum Gasteiger partial charge on any atom is 0.179 e. The second kappa shape index (κ2) is 17.8. The highest BCUT2D eigenvalue weighted by Gasteiger charge is 2.41. The van der Waals surface area contributed by atoms with E-state index in [1.807, 2.05) is 36.4 Å². The Morgan fingerprint density at radius 2 is 0.783 bits per heavy atom. The van der Waals surface area contributed by atoms with Crippen LogP contribution in [0.1, 0.15) is 5.56 Å². The third-order valence-corrected chi connectivity index (χ3v) is 18.2. The maximum absolute atomic E-state index is 5.39. The summed E-state index contributed by atoms with van der Waals surface area (Å²) in [4.78, 5) is 15.9. The van der Waals surface area contributed by atoms with Gasteiger partial charge in [0.2, 0.25) is 0 Å². The summed E-state index contributed by atoms with van der Waals surface area (Å²) in [6, 6.07) is 94.2. The number of para-hydroxylation sites is 1. The molecule has 2 aromatic heterocycles. The first-order valence-electron chi connectivity index (χ1n) is 23.5. The number of rotatable bonds is 10. The molecule has 0 radical (unpaired) electrons. The molecule has 4 nitrogen and oxygen atoms in total. The number of nitrogens with zero attached hydrogens (tertiary/aromatic N) is 4. The van der Waals surface area contributed by atoms with Crippen LogP contribution in [0.2, 0.25) is 0 Å². The van der Waals surface area contributed by atoms with Gasteiger partial charge in [0, 0.05) is 33.2 Å². The van der Waals surface area contributed by atoms with Crippen LogP contribution in [-0.4, -0.2) is 27.6 Å². The molecule has 0 saturated carbocycles. The van der Waals surface area contributed by atoms with E-state index in [-0.39, 0.29) is 0 Å². The number of hydrogen-bond donors (Lipinski definition) is 0. The number of aryl methyl sites for hydroxylation is 1. The van der Waals surface area contributed by atoms with Crippen molar-refractivity contribution in [3.05, 3.63) is 266 Å². The third kappa shape index (κ3) is 7.56. The van der Waals surface area contributed by atoms with Crippen LogP contribution in [0.15, 0.2) is 261 Å². The average Bonchev–Trinajstić information content (AvgIpc) is 3.76. The van der Waals surface area contributed by atoms with E-state index < -0.39 is 8.07 Å². The van der Waals surface area contributed by atoms with Gasteiger partial charge in [0.1, 0.15) is 0 Å². The van der Waals surface area contributed by atoms with Crippen LogP contribution in [0.3, 0.4) is 0 Å². The van der Waals surface area contributed by atoms with Crippen molar-refractivity contribution in [2.45, 2.75) is 6.92 Å². The second-order valence-corrected chi connectivity index (χ2v) is 21.5. The normalized spacial score (nSPS) is 11.6. The molecule has 0 unspecified atom stereocenters. The summed E-state index contributed by atoms with van der Waals surface area (Å²) in [7, 11) is -2.87. The van der Waals surface area contributed by atoms with Crippen molar-refractivity contribution in [2.24, 2.45) is 0 Å². The molecule has 0 atom stereocenters. The maximum atomic E-state index is 5.39. The molecule has 0 aliphatic heterocycles. The van der Waals surface area contributed by atoms with Crippen LogP contribution < -0.4 is 20.7 Å². The molecule has 12 rings (SSSR count). The predicted octanol–water partition coefficient (Wildman–Crippen LogP) is 13.0. The summed E-state index contributed by atoms with van der Waals surface area (Å²) in [6.07, 6.45) is 0. The summed E-state index contributed by atoms with van der Waals surface area (Å²) in [6.45, 7) is 2.15. The van der Waals surface area contributed by atoms with Gasteiger partial charge in [-0.25, -0.2) is 15.0 Å². The van der Waals surface area contributed by atoms with Gasteiger partial charge in [0.25, 0.3) is 0 Å². The third-order valence-electron chi connectivity index (χ3n) is 13.5. The smallest absolute Gasteiger partial charge is 0.179 e. The summed E-state index contributed by atoms with van der Waals surface area (Å²) in [5, 5.41) is 7.65. The molecule has 0 fully saturated rings. The van der Waals surface area contributed by atoms with Crippen LogP contribution in [0, 0.1) is 6.92 Å². The Balaban J connectivity index is 1.14. The Morgan fingerprint density at radius 1 is 0.304 bits per heavy atom. The fourth-order valence-electron chi connectivity index (χ4n) is 10.3. The van der Waals surface area contributed by atoms with Gasteiger partial charge in [0.15, 0.2) is 25.5 Å². The lowest BCUT2D eigenvalue weighted by atomic mass is 9.98. The van der Waals surface area contributed by atoms with Crippen LogP contribution in [0.4, 0.5) is 0 Å². The largest absolute Gasteiger partial charge is 0.309 e. The number of hydrogen-bond acceptors (Lipinski definition) is 3. The second-order valence-electron chi connectivity index (χ2n) is 17.7. The topological polar surface area (TPSA) is 43.6 Å². The first-order chi connectivity index (χ1) is 34.1. The monoisotopic (exact) mass is 898 g/mol. The standard InChI is InChI=1S/C64H46N4Si/c1-45-21-19-26-48(41-45)49-37-39-58-57-35-17-18-36-60(57)68(61(58)43-49)51-38-40-56(59(44-51)64-66-62(46-22-7-2-8-23-46)65-63(67-64)47-24-9-3-10-25-47)50-27-20-34-55(42-50)69(52-28-11-4-12-29-52,53-30-13-5-14-31-53)54-32-15-6-16-33-54/h2-44H,1H3. The van der Waals surface area contributed by atoms with Crippen LogP contribution in [-0.2, 0) is 0 Å². The Labute approximate surface area is 403 Å². The molecule has 2 heterocycles. The van der Waals surface area contributed by atoms with E-state index in [0.29, 0.717) is 17.5 Å². The fourth-order valence-corrected chi connectivity index (χ4v) is 15.1. The Bertz CT molecular complexity index is 3620. The Kier molecular flexibility index (Phi) is 10.7. The highest BCUT2D eigenvalue weighted by atomic mass is 28.3. The molecule has 12 aromatic rings. The van der Waals surface area contributed by atoms with Gasteiger partial charge >= 0.3 is 0 Å². The van der Waals surface area contributed by atoms with Crippen molar-refractivity contribution in [1.29, 1.82) is 0 Å². The molecule has 0 aliphatic rings. The molecule has 69 heavy (non-hydrogen) atoms. The number of fused-ring (bicyclic) bond motifs is 3. The quantitative estimate of drug-likeness (QED) is 0.101. The minimum absolute atomic E-state index is 0.601. The van der Waals surface area contributed by atoms with Gasteiger partial charge in [-0.15, -0.1) is 0 Å². The molecule has 10 aromatic carbocycles. The molecular formula is C64H46N4Si. The van der Waals surface area contributed by atoms with Crippen molar-refractivity contribution >= 4 is 50.6 Å². The molecule has 0 spiro atoms. The van der Waals surface area contributed by atoms with Crippen LogP contribution >= 0.6 is 0 Å². The molecule has 0 saturated heterocycles. The van der Waals surface area contributed by atoms with Gasteiger partial charge in [-0.1, -0.05) is 242 Å². The van der Waals surface area contributed by atoms with E-state index in [0.717, 1.165) is 44.5 Å². The molecular weight excluding hydrogens is 853 g/mol. The zero-order valence-corrected chi connectivity index (χ0v) is 39.1. The summed E-state index contributed by atoms with van der Waals surface area (Å²) < 4.78 is 2.41. The lowest BCUT2D eigenvalue weighted by Gasteiger charge is -2.34. The van der Waals surface area contributed by atoms with E-state index in [2.05, 4.69) is 236 Å². The number of benzene rings is 10. The van der Waals surface area contributed by atoms with Crippen molar-refractivity contribution < 1.29 is 0 Å². The molecule has 0 N–H and O–H groups in total. The Hall–Kier alpha value is -8.77. The van der Waals surface area contributed by atoms with Gasteiger partial charge in [-0.05, 0) is 74.2 Å². The predicted molar refractivity (Wildman–Crippen MR) is 290 cm³/mol. The molecule has 326 valence electrons. The summed E-state index contributed by atoms with van der Waals surface area (Å²) in [5.41, 5.74) is 11.7. The SMILES string of the molecule is Cc1cccc(-c2ccc3c4ccccc4n(-c4ccc(-c5cccc([Si](c6ccccc6)(c6ccccc6)c6ccccc6)c5)c(-c5nc(-c6ccccc6)nc(-c6ccccc6)n5)c4)c3c2)c1. The average molecular weight is 899 g/mol.